The second kappa shape index (κ2) is 4.63. The quantitative estimate of drug-likeness (QED) is 0.856. The third kappa shape index (κ3) is 2.08. The van der Waals surface area contributed by atoms with Crippen LogP contribution in [-0.2, 0) is 6.54 Å². The number of carboxylic acid groups (broad SMARTS) is 1. The number of benzene rings is 1. The van der Waals surface area contributed by atoms with Gasteiger partial charge in [-0.1, -0.05) is 19.1 Å². The van der Waals surface area contributed by atoms with E-state index in [-0.39, 0.29) is 0 Å². The molecule has 0 spiro atoms. The van der Waals surface area contributed by atoms with Crippen LogP contribution in [0.3, 0.4) is 0 Å². The zero-order valence-electron chi connectivity index (χ0n) is 8.99. The van der Waals surface area contributed by atoms with Crippen molar-refractivity contribution in [3.05, 3.63) is 34.7 Å². The molecule has 0 aliphatic rings. The van der Waals surface area contributed by atoms with E-state index in [4.69, 9.17) is 5.11 Å². The molecule has 84 valence electrons. The molecule has 2 aromatic rings. The van der Waals surface area contributed by atoms with E-state index < -0.39 is 5.97 Å². The Labute approximate surface area is 97.7 Å². The van der Waals surface area contributed by atoms with E-state index in [2.05, 4.69) is 18.3 Å². The highest BCUT2D eigenvalue weighted by Gasteiger charge is 2.10. The van der Waals surface area contributed by atoms with E-state index >= 15 is 0 Å². The van der Waals surface area contributed by atoms with Gasteiger partial charge in [0.25, 0.3) is 0 Å². The van der Waals surface area contributed by atoms with Crippen molar-refractivity contribution >= 4 is 27.4 Å². The van der Waals surface area contributed by atoms with Crippen LogP contribution in [0.25, 0.3) is 10.1 Å². The fourth-order valence-electron chi connectivity index (χ4n) is 1.62. The van der Waals surface area contributed by atoms with Gasteiger partial charge in [-0.05, 0) is 24.1 Å². The molecule has 1 aromatic carbocycles. The van der Waals surface area contributed by atoms with Crippen LogP contribution in [-0.4, -0.2) is 17.6 Å². The fourth-order valence-corrected chi connectivity index (χ4v) is 2.75. The molecular formula is C12H13NO2S. The number of carboxylic acids is 1. The average molecular weight is 235 g/mol. The van der Waals surface area contributed by atoms with Crippen LogP contribution in [0.2, 0.25) is 0 Å². The molecule has 0 fully saturated rings. The maximum atomic E-state index is 11.0. The summed E-state index contributed by atoms with van der Waals surface area (Å²) in [6.07, 6.45) is 0. The normalized spacial score (nSPS) is 10.8. The molecule has 1 heterocycles. The van der Waals surface area contributed by atoms with Gasteiger partial charge in [-0.25, -0.2) is 4.79 Å². The summed E-state index contributed by atoms with van der Waals surface area (Å²) in [6, 6.07) is 7.44. The van der Waals surface area contributed by atoms with Crippen molar-refractivity contribution in [2.45, 2.75) is 13.5 Å². The molecular weight excluding hydrogens is 222 g/mol. The van der Waals surface area contributed by atoms with Crippen LogP contribution in [0.15, 0.2) is 24.3 Å². The van der Waals surface area contributed by atoms with E-state index in [9.17, 15) is 4.79 Å². The fraction of sp³-hybridized carbons (Fsp3) is 0.250. The van der Waals surface area contributed by atoms with Crippen LogP contribution in [0.5, 0.6) is 0 Å². The Morgan fingerprint density at radius 3 is 3.00 bits per heavy atom. The molecule has 0 saturated carbocycles. The molecule has 0 aliphatic carbocycles. The van der Waals surface area contributed by atoms with Gasteiger partial charge in [0.1, 0.15) is 0 Å². The van der Waals surface area contributed by atoms with Gasteiger partial charge in [-0.3, -0.25) is 0 Å². The summed E-state index contributed by atoms with van der Waals surface area (Å²) in [5.74, 6) is -0.859. The van der Waals surface area contributed by atoms with E-state index in [1.54, 1.807) is 23.5 Å². The van der Waals surface area contributed by atoms with Crippen molar-refractivity contribution in [1.29, 1.82) is 0 Å². The molecule has 2 N–H and O–H groups in total. The number of hydrogen-bond acceptors (Lipinski definition) is 3. The van der Waals surface area contributed by atoms with Crippen molar-refractivity contribution in [3.63, 3.8) is 0 Å². The maximum Gasteiger partial charge on any atom is 0.337 e. The summed E-state index contributed by atoms with van der Waals surface area (Å²) in [6.45, 7) is 3.77. The van der Waals surface area contributed by atoms with Crippen molar-refractivity contribution in [3.8, 4) is 0 Å². The molecule has 0 amide bonds. The predicted octanol–water partition coefficient (Wildman–Crippen LogP) is 2.71. The molecule has 0 bridgehead atoms. The first kappa shape index (κ1) is 11.1. The second-order valence-electron chi connectivity index (χ2n) is 3.52. The van der Waals surface area contributed by atoms with Crippen molar-refractivity contribution in [2.24, 2.45) is 0 Å². The number of hydrogen-bond donors (Lipinski definition) is 2. The number of aromatic carboxylic acids is 1. The zero-order valence-corrected chi connectivity index (χ0v) is 9.80. The van der Waals surface area contributed by atoms with Gasteiger partial charge < -0.3 is 10.4 Å². The summed E-state index contributed by atoms with van der Waals surface area (Å²) in [5, 5.41) is 13.3. The van der Waals surface area contributed by atoms with Gasteiger partial charge in [0.05, 0.1) is 5.56 Å². The van der Waals surface area contributed by atoms with Crippen LogP contribution in [0.4, 0.5) is 0 Å². The molecule has 16 heavy (non-hydrogen) atoms. The van der Waals surface area contributed by atoms with Gasteiger partial charge in [0.2, 0.25) is 0 Å². The van der Waals surface area contributed by atoms with Crippen molar-refractivity contribution in [2.75, 3.05) is 6.54 Å². The zero-order chi connectivity index (χ0) is 11.5. The largest absolute Gasteiger partial charge is 0.478 e. The Balaban J connectivity index is 2.44. The first-order valence-electron chi connectivity index (χ1n) is 5.18. The lowest BCUT2D eigenvalue weighted by Gasteiger charge is -1.96. The minimum Gasteiger partial charge on any atom is -0.478 e. The third-order valence-corrected chi connectivity index (χ3v) is 3.56. The Bertz CT molecular complexity index is 519. The van der Waals surface area contributed by atoms with E-state index in [1.807, 2.05) is 6.07 Å². The van der Waals surface area contributed by atoms with Crippen molar-refractivity contribution in [1.82, 2.24) is 5.32 Å². The first-order valence-corrected chi connectivity index (χ1v) is 5.99. The van der Waals surface area contributed by atoms with Gasteiger partial charge in [0.15, 0.2) is 0 Å². The van der Waals surface area contributed by atoms with Gasteiger partial charge in [-0.15, -0.1) is 11.3 Å². The van der Waals surface area contributed by atoms with Crippen LogP contribution >= 0.6 is 11.3 Å². The lowest BCUT2D eigenvalue weighted by Crippen LogP contribution is -2.10. The summed E-state index contributed by atoms with van der Waals surface area (Å²) < 4.78 is 0.864. The minimum absolute atomic E-state index is 0.394. The molecule has 0 unspecified atom stereocenters. The second-order valence-corrected chi connectivity index (χ2v) is 4.66. The Hall–Kier alpha value is -1.39. The Kier molecular flexibility index (Phi) is 3.22. The highest BCUT2D eigenvalue weighted by Crippen LogP contribution is 2.28. The molecule has 0 atom stereocenters. The summed E-state index contributed by atoms with van der Waals surface area (Å²) >= 11 is 1.55. The first-order chi connectivity index (χ1) is 7.72. The van der Waals surface area contributed by atoms with E-state index in [0.717, 1.165) is 23.2 Å². The van der Waals surface area contributed by atoms with Crippen molar-refractivity contribution < 1.29 is 9.90 Å². The summed E-state index contributed by atoms with van der Waals surface area (Å²) in [4.78, 5) is 12.2. The SMILES string of the molecule is CCNCc1cc2cccc(C(=O)O)c2s1. The van der Waals surface area contributed by atoms with Gasteiger partial charge in [0, 0.05) is 16.1 Å². The molecule has 0 radical (unpaired) electrons. The number of nitrogens with one attached hydrogen (secondary N) is 1. The molecule has 2 rings (SSSR count). The highest BCUT2D eigenvalue weighted by molar-refractivity contribution is 7.19. The monoisotopic (exact) mass is 235 g/mol. The number of fused-ring (bicyclic) bond motifs is 1. The topological polar surface area (TPSA) is 49.3 Å². The van der Waals surface area contributed by atoms with Crippen LogP contribution in [0, 0.1) is 0 Å². The Morgan fingerprint density at radius 2 is 2.31 bits per heavy atom. The van der Waals surface area contributed by atoms with Crippen LogP contribution < -0.4 is 5.32 Å². The average Bonchev–Trinajstić information content (AvgIpc) is 2.68. The Morgan fingerprint density at radius 1 is 1.50 bits per heavy atom. The molecule has 3 nitrogen and oxygen atoms in total. The lowest BCUT2D eigenvalue weighted by atomic mass is 10.1. The maximum absolute atomic E-state index is 11.0. The number of thiophene rings is 1. The van der Waals surface area contributed by atoms with E-state index in [0.29, 0.717) is 5.56 Å². The predicted molar refractivity (Wildman–Crippen MR) is 66.2 cm³/mol. The van der Waals surface area contributed by atoms with Gasteiger partial charge in [-0.2, -0.15) is 0 Å². The standard InChI is InChI=1S/C12H13NO2S/c1-2-13-7-9-6-8-4-3-5-10(12(14)15)11(8)16-9/h3-6,13H,2,7H2,1H3,(H,14,15). The third-order valence-electron chi connectivity index (χ3n) is 2.37. The molecule has 4 heteroatoms. The molecule has 0 aliphatic heterocycles. The van der Waals surface area contributed by atoms with Gasteiger partial charge >= 0.3 is 5.97 Å². The molecule has 1 aromatic heterocycles. The minimum atomic E-state index is -0.859. The number of rotatable bonds is 4. The lowest BCUT2D eigenvalue weighted by molar-refractivity contribution is 0.0699. The highest BCUT2D eigenvalue weighted by atomic mass is 32.1. The van der Waals surface area contributed by atoms with Crippen LogP contribution in [0.1, 0.15) is 22.2 Å². The number of carbonyl (C=O) groups is 1. The molecule has 0 saturated heterocycles. The summed E-state index contributed by atoms with van der Waals surface area (Å²) in [7, 11) is 0. The smallest absolute Gasteiger partial charge is 0.337 e. The van der Waals surface area contributed by atoms with E-state index in [1.165, 1.54) is 4.88 Å². The summed E-state index contributed by atoms with van der Waals surface area (Å²) in [5.41, 5.74) is 0.394.